The van der Waals surface area contributed by atoms with E-state index in [1.807, 2.05) is 4.72 Å². The van der Waals surface area contributed by atoms with Gasteiger partial charge in [0.1, 0.15) is 12.0 Å². The van der Waals surface area contributed by atoms with E-state index in [0.717, 1.165) is 0 Å². The second-order valence-electron chi connectivity index (χ2n) is 3.68. The third-order valence-corrected chi connectivity index (χ3v) is 5.64. The van der Waals surface area contributed by atoms with Crippen molar-refractivity contribution >= 4 is 58.5 Å². The van der Waals surface area contributed by atoms with Crippen molar-refractivity contribution in [2.24, 2.45) is 0 Å². The predicted molar refractivity (Wildman–Crippen MR) is 81.3 cm³/mol. The zero-order chi connectivity index (χ0) is 14.6. The Morgan fingerprint density at radius 1 is 1.43 bits per heavy atom. The molecule has 0 aliphatic carbocycles. The van der Waals surface area contributed by atoms with Crippen molar-refractivity contribution in [3.63, 3.8) is 0 Å². The van der Waals surface area contributed by atoms with Crippen LogP contribution in [0.25, 0.3) is 0 Å². The maximum absolute atomic E-state index is 11.8. The fraction of sp³-hybridized carbons (Fsp3) is 0.100. The van der Waals surface area contributed by atoms with Crippen molar-refractivity contribution in [3.05, 3.63) is 41.4 Å². The van der Waals surface area contributed by atoms with Crippen LogP contribution in [-0.4, -0.2) is 54.1 Å². The van der Waals surface area contributed by atoms with Gasteiger partial charge in [0, 0.05) is 11.6 Å². The van der Waals surface area contributed by atoms with Gasteiger partial charge in [0.25, 0.3) is 0 Å². The number of pyridine rings is 1. The maximum atomic E-state index is 11.8. The average Bonchev–Trinajstić information content (AvgIpc) is 2.92. The molecule has 0 amide bonds. The standard InChI is InChI=1S/C10H11N2O5PS2.Na.H/c13-18(14,17-9-2-1-4-11-6-9)8-12-20(15,16)10-3-5-19-7-10;;/h1-7,12H,8H2,(H,13,14);;. The zero-order valence-corrected chi connectivity index (χ0v) is 12.6. The fourth-order valence-electron chi connectivity index (χ4n) is 1.25. The van der Waals surface area contributed by atoms with Gasteiger partial charge < -0.3 is 9.42 Å². The minimum atomic E-state index is -4.14. The molecule has 21 heavy (non-hydrogen) atoms. The first-order valence-electron chi connectivity index (χ1n) is 5.32. The van der Waals surface area contributed by atoms with Crippen molar-refractivity contribution in [1.29, 1.82) is 0 Å². The van der Waals surface area contributed by atoms with Crippen LogP contribution in [0.2, 0.25) is 0 Å². The number of nitrogens with zero attached hydrogens (tertiary/aromatic N) is 1. The second kappa shape index (κ2) is 7.85. The summed E-state index contributed by atoms with van der Waals surface area (Å²) in [6.07, 6.45) is 2.02. The molecule has 0 aliphatic rings. The molecule has 2 heterocycles. The summed E-state index contributed by atoms with van der Waals surface area (Å²) in [6, 6.07) is 4.38. The molecule has 0 saturated carbocycles. The number of hydrogen-bond acceptors (Lipinski definition) is 6. The van der Waals surface area contributed by atoms with Crippen LogP contribution in [0, 0.1) is 0 Å². The van der Waals surface area contributed by atoms with E-state index in [1.54, 1.807) is 5.38 Å². The third-order valence-electron chi connectivity index (χ3n) is 2.14. The molecule has 2 aromatic rings. The summed E-state index contributed by atoms with van der Waals surface area (Å²) in [7, 11) is -7.95. The van der Waals surface area contributed by atoms with Gasteiger partial charge in [-0.2, -0.15) is 16.1 Å². The Hall–Kier alpha value is -0.250. The first kappa shape index (κ1) is 18.8. The van der Waals surface area contributed by atoms with Crippen LogP contribution in [0.5, 0.6) is 5.75 Å². The summed E-state index contributed by atoms with van der Waals surface area (Å²) >= 11 is 1.21. The van der Waals surface area contributed by atoms with Crippen LogP contribution in [0.4, 0.5) is 0 Å². The first-order valence-corrected chi connectivity index (χ1v) is 9.51. The Morgan fingerprint density at radius 2 is 2.19 bits per heavy atom. The summed E-state index contributed by atoms with van der Waals surface area (Å²) in [5.74, 6) is 0.0908. The fourth-order valence-corrected chi connectivity index (χ4v) is 4.78. The third kappa shape index (κ3) is 5.80. The number of hydrogen-bond donors (Lipinski definition) is 2. The Labute approximate surface area is 148 Å². The van der Waals surface area contributed by atoms with E-state index in [9.17, 15) is 17.9 Å². The van der Waals surface area contributed by atoms with Gasteiger partial charge in [-0.1, -0.05) is 0 Å². The quantitative estimate of drug-likeness (QED) is 0.589. The van der Waals surface area contributed by atoms with Gasteiger partial charge in [-0.05, 0) is 23.6 Å². The van der Waals surface area contributed by atoms with E-state index in [-0.39, 0.29) is 40.2 Å². The van der Waals surface area contributed by atoms with Crippen molar-refractivity contribution in [1.82, 2.24) is 9.71 Å². The van der Waals surface area contributed by atoms with E-state index >= 15 is 0 Å². The van der Waals surface area contributed by atoms with Gasteiger partial charge in [0.05, 0.1) is 11.1 Å². The number of sulfonamides is 1. The Morgan fingerprint density at radius 3 is 2.76 bits per heavy atom. The number of aromatic nitrogens is 1. The minimum absolute atomic E-state index is 0. The molecule has 0 saturated heterocycles. The molecule has 0 aromatic carbocycles. The molecule has 2 aromatic heterocycles. The van der Waals surface area contributed by atoms with E-state index in [2.05, 4.69) is 4.98 Å². The average molecular weight is 358 g/mol. The van der Waals surface area contributed by atoms with Crippen LogP contribution < -0.4 is 9.25 Å². The molecule has 0 bridgehead atoms. The van der Waals surface area contributed by atoms with Crippen molar-refractivity contribution < 1.29 is 22.4 Å². The van der Waals surface area contributed by atoms with Crippen molar-refractivity contribution in [3.8, 4) is 5.75 Å². The molecule has 2 rings (SSSR count). The molecule has 0 spiro atoms. The normalized spacial score (nSPS) is 14.0. The Kier molecular flexibility index (Phi) is 7.02. The van der Waals surface area contributed by atoms with Crippen LogP contribution in [0.15, 0.2) is 46.2 Å². The Bertz CT molecular complexity index is 708. The summed E-state index contributed by atoms with van der Waals surface area (Å²) in [5, 5.41) is 3.02. The molecule has 110 valence electrons. The van der Waals surface area contributed by atoms with Gasteiger partial charge >= 0.3 is 37.2 Å². The van der Waals surface area contributed by atoms with Crippen molar-refractivity contribution in [2.45, 2.75) is 4.90 Å². The number of thiophene rings is 1. The monoisotopic (exact) mass is 358 g/mol. The molecule has 0 radical (unpaired) electrons. The first-order chi connectivity index (χ1) is 9.39. The number of rotatable bonds is 6. The summed E-state index contributed by atoms with van der Waals surface area (Å²) in [6.45, 7) is 0. The van der Waals surface area contributed by atoms with Gasteiger partial charge in [-0.3, -0.25) is 4.98 Å². The van der Waals surface area contributed by atoms with Crippen LogP contribution in [-0.2, 0) is 14.6 Å². The molecule has 0 fully saturated rings. The SMILES string of the molecule is O=P(O)(CNS(=O)(=O)c1ccsc1)Oc1cccnc1.[NaH]. The molecule has 1 unspecified atom stereocenters. The van der Waals surface area contributed by atoms with E-state index in [0.29, 0.717) is 0 Å². The number of nitrogens with one attached hydrogen (secondary N) is 1. The Balaban J connectivity index is 0.00000220. The molecule has 7 nitrogen and oxygen atoms in total. The molecule has 11 heteroatoms. The van der Waals surface area contributed by atoms with Gasteiger partial charge in [0.2, 0.25) is 10.0 Å². The van der Waals surface area contributed by atoms with Gasteiger partial charge in [-0.25, -0.2) is 13.0 Å². The van der Waals surface area contributed by atoms with E-state index in [1.165, 1.54) is 47.3 Å². The summed E-state index contributed by atoms with van der Waals surface area (Å²) < 4.78 is 42.2. The van der Waals surface area contributed by atoms with E-state index < -0.39 is 23.9 Å². The molecule has 0 aliphatic heterocycles. The second-order valence-corrected chi connectivity index (χ2v) is 8.00. The van der Waals surface area contributed by atoms with Crippen molar-refractivity contribution in [2.75, 3.05) is 6.29 Å². The zero-order valence-electron chi connectivity index (χ0n) is 10.0. The topological polar surface area (TPSA) is 106 Å². The predicted octanol–water partition coefficient (Wildman–Crippen LogP) is 0.995. The van der Waals surface area contributed by atoms with Crippen LogP contribution >= 0.6 is 18.9 Å². The molecular formula is C10H12N2NaO5PS2. The molecular weight excluding hydrogens is 346 g/mol. The van der Waals surface area contributed by atoms with E-state index in [4.69, 9.17) is 4.52 Å². The van der Waals surface area contributed by atoms with Crippen LogP contribution in [0.1, 0.15) is 0 Å². The van der Waals surface area contributed by atoms with Gasteiger partial charge in [0.15, 0.2) is 0 Å². The van der Waals surface area contributed by atoms with Crippen LogP contribution in [0.3, 0.4) is 0 Å². The molecule has 1 atom stereocenters. The molecule has 2 N–H and O–H groups in total. The van der Waals surface area contributed by atoms with Gasteiger partial charge in [-0.15, -0.1) is 0 Å². The summed E-state index contributed by atoms with van der Waals surface area (Å²) in [5.41, 5.74) is 0. The summed E-state index contributed by atoms with van der Waals surface area (Å²) in [4.78, 5) is 13.4.